The molecule has 27 heavy (non-hydrogen) atoms. The minimum Gasteiger partial charge on any atom is -0.504 e. The second-order valence-electron chi connectivity index (χ2n) is 6.65. The van der Waals surface area contributed by atoms with Crippen molar-refractivity contribution in [2.45, 2.75) is 18.9 Å². The summed E-state index contributed by atoms with van der Waals surface area (Å²) in [7, 11) is 0. The van der Waals surface area contributed by atoms with E-state index in [9.17, 15) is 9.90 Å². The molecule has 0 saturated carbocycles. The van der Waals surface area contributed by atoms with E-state index in [1.54, 1.807) is 17.0 Å². The zero-order valence-electron chi connectivity index (χ0n) is 14.9. The number of amides is 1. The molecule has 1 fully saturated rings. The van der Waals surface area contributed by atoms with Gasteiger partial charge in [0, 0.05) is 6.54 Å². The van der Waals surface area contributed by atoms with E-state index in [0.29, 0.717) is 30.3 Å². The Balaban J connectivity index is 1.54. The van der Waals surface area contributed by atoms with Crippen LogP contribution in [0.4, 0.5) is 0 Å². The van der Waals surface area contributed by atoms with E-state index in [1.165, 1.54) is 0 Å². The van der Waals surface area contributed by atoms with E-state index in [1.807, 2.05) is 30.3 Å². The summed E-state index contributed by atoms with van der Waals surface area (Å²) in [5, 5.41) is 10.7. The van der Waals surface area contributed by atoms with Crippen molar-refractivity contribution >= 4 is 16.9 Å². The molecule has 3 aromatic rings. The van der Waals surface area contributed by atoms with Gasteiger partial charge in [0.15, 0.2) is 11.5 Å². The molecule has 0 bridgehead atoms. The van der Waals surface area contributed by atoms with Crippen molar-refractivity contribution in [3.8, 4) is 22.9 Å². The van der Waals surface area contributed by atoms with Crippen LogP contribution in [-0.4, -0.2) is 51.6 Å². The number of carbonyl (C=O) groups excluding carboxylic acids is 1. The SMILES string of the molecule is NCC(=O)N1CCCC1COc1cccc(-c2nc3ccccc3[nH]2)c1O. The zero-order chi connectivity index (χ0) is 18.8. The molecule has 2 heterocycles. The number of para-hydroxylation sites is 3. The highest BCUT2D eigenvalue weighted by Gasteiger charge is 2.28. The summed E-state index contributed by atoms with van der Waals surface area (Å²) in [4.78, 5) is 21.4. The van der Waals surface area contributed by atoms with Crippen LogP contribution in [0, 0.1) is 0 Å². The van der Waals surface area contributed by atoms with E-state index >= 15 is 0 Å². The van der Waals surface area contributed by atoms with Crippen LogP contribution >= 0.6 is 0 Å². The Hall–Kier alpha value is -3.06. The Labute approximate surface area is 156 Å². The number of aromatic nitrogens is 2. The van der Waals surface area contributed by atoms with Crippen LogP contribution < -0.4 is 10.5 Å². The number of aromatic hydroxyl groups is 1. The summed E-state index contributed by atoms with van der Waals surface area (Å²) in [6.07, 6.45) is 1.81. The van der Waals surface area contributed by atoms with Crippen molar-refractivity contribution < 1.29 is 14.6 Å². The Morgan fingerprint density at radius 2 is 2.15 bits per heavy atom. The van der Waals surface area contributed by atoms with Crippen molar-refractivity contribution in [2.24, 2.45) is 5.73 Å². The number of aromatic amines is 1. The summed E-state index contributed by atoms with van der Waals surface area (Å²) >= 11 is 0. The van der Waals surface area contributed by atoms with E-state index < -0.39 is 0 Å². The molecule has 1 aliphatic rings. The second-order valence-corrected chi connectivity index (χ2v) is 6.65. The molecule has 0 aliphatic carbocycles. The Kier molecular flexibility index (Phi) is 4.68. The van der Waals surface area contributed by atoms with Gasteiger partial charge in [0.1, 0.15) is 12.4 Å². The number of rotatable bonds is 5. The normalized spacial score (nSPS) is 16.8. The first-order valence-electron chi connectivity index (χ1n) is 9.07. The van der Waals surface area contributed by atoms with Gasteiger partial charge in [-0.3, -0.25) is 4.79 Å². The summed E-state index contributed by atoms with van der Waals surface area (Å²) in [5.74, 6) is 0.924. The highest BCUT2D eigenvalue weighted by molar-refractivity contribution is 5.81. The molecular formula is C20H22N4O3. The third-order valence-electron chi connectivity index (χ3n) is 4.95. The van der Waals surface area contributed by atoms with E-state index in [2.05, 4.69) is 9.97 Å². The van der Waals surface area contributed by atoms with E-state index in [0.717, 1.165) is 23.9 Å². The molecule has 7 nitrogen and oxygen atoms in total. The number of nitrogens with one attached hydrogen (secondary N) is 1. The molecule has 1 amide bonds. The maximum absolute atomic E-state index is 11.9. The van der Waals surface area contributed by atoms with Gasteiger partial charge in [0.25, 0.3) is 0 Å². The number of H-pyrrole nitrogens is 1. The summed E-state index contributed by atoms with van der Waals surface area (Å²) < 4.78 is 5.86. The molecule has 7 heteroatoms. The first-order valence-corrected chi connectivity index (χ1v) is 9.07. The topological polar surface area (TPSA) is 104 Å². The van der Waals surface area contributed by atoms with Gasteiger partial charge < -0.3 is 25.5 Å². The summed E-state index contributed by atoms with van der Waals surface area (Å²) in [5.41, 5.74) is 7.79. The monoisotopic (exact) mass is 366 g/mol. The minimum absolute atomic E-state index is 0.00326. The number of fused-ring (bicyclic) bond motifs is 1. The number of likely N-dealkylation sites (tertiary alicyclic amines) is 1. The smallest absolute Gasteiger partial charge is 0.236 e. The van der Waals surface area contributed by atoms with Gasteiger partial charge in [-0.2, -0.15) is 0 Å². The molecule has 1 aromatic heterocycles. The predicted molar refractivity (Wildman–Crippen MR) is 102 cm³/mol. The number of benzene rings is 2. The quantitative estimate of drug-likeness (QED) is 0.642. The van der Waals surface area contributed by atoms with Crippen molar-refractivity contribution in [3.63, 3.8) is 0 Å². The van der Waals surface area contributed by atoms with Crippen molar-refractivity contribution in [3.05, 3.63) is 42.5 Å². The van der Waals surface area contributed by atoms with Crippen LogP contribution in [0.25, 0.3) is 22.4 Å². The van der Waals surface area contributed by atoms with Crippen LogP contribution in [0.5, 0.6) is 11.5 Å². The van der Waals surface area contributed by atoms with E-state index in [4.69, 9.17) is 10.5 Å². The first-order chi connectivity index (χ1) is 13.2. The number of hydrogen-bond donors (Lipinski definition) is 3. The lowest BCUT2D eigenvalue weighted by Gasteiger charge is -2.24. The second kappa shape index (κ2) is 7.28. The Bertz CT molecular complexity index is 936. The average Bonchev–Trinajstić information content (AvgIpc) is 3.33. The largest absolute Gasteiger partial charge is 0.504 e. The van der Waals surface area contributed by atoms with E-state index in [-0.39, 0.29) is 24.2 Å². The number of nitrogens with zero attached hydrogens (tertiary/aromatic N) is 2. The molecule has 4 N–H and O–H groups in total. The van der Waals surface area contributed by atoms with Gasteiger partial charge in [-0.25, -0.2) is 4.98 Å². The van der Waals surface area contributed by atoms with Crippen molar-refractivity contribution in [2.75, 3.05) is 19.7 Å². The standard InChI is InChI=1S/C20H22N4O3/c21-11-18(25)24-10-4-5-13(24)12-27-17-9-3-6-14(19(17)26)20-22-15-7-1-2-8-16(15)23-20/h1-3,6-9,13,26H,4-5,10-12,21H2,(H,22,23). The minimum atomic E-state index is -0.0682. The van der Waals surface area contributed by atoms with Gasteiger partial charge in [0.05, 0.1) is 29.2 Å². The Morgan fingerprint density at radius 3 is 2.96 bits per heavy atom. The number of ether oxygens (including phenoxy) is 1. The fraction of sp³-hybridized carbons (Fsp3) is 0.300. The fourth-order valence-electron chi connectivity index (χ4n) is 3.55. The third-order valence-corrected chi connectivity index (χ3v) is 4.95. The van der Waals surface area contributed by atoms with Crippen molar-refractivity contribution in [1.29, 1.82) is 0 Å². The number of carbonyl (C=O) groups is 1. The number of imidazole rings is 1. The predicted octanol–water partition coefficient (Wildman–Crippen LogP) is 2.26. The lowest BCUT2D eigenvalue weighted by atomic mass is 10.1. The number of phenols is 1. The lowest BCUT2D eigenvalue weighted by molar-refractivity contribution is -0.130. The van der Waals surface area contributed by atoms with Gasteiger partial charge in [0.2, 0.25) is 5.91 Å². The zero-order valence-corrected chi connectivity index (χ0v) is 14.9. The van der Waals surface area contributed by atoms with Crippen LogP contribution in [0.3, 0.4) is 0 Å². The molecular weight excluding hydrogens is 344 g/mol. The Morgan fingerprint density at radius 1 is 1.30 bits per heavy atom. The van der Waals surface area contributed by atoms with Gasteiger partial charge >= 0.3 is 0 Å². The number of hydrogen-bond acceptors (Lipinski definition) is 5. The maximum atomic E-state index is 11.9. The molecule has 0 spiro atoms. The fourth-order valence-corrected chi connectivity index (χ4v) is 3.55. The lowest BCUT2D eigenvalue weighted by Crippen LogP contribution is -2.42. The van der Waals surface area contributed by atoms with Crippen LogP contribution in [0.1, 0.15) is 12.8 Å². The first kappa shape index (κ1) is 17.4. The molecule has 1 saturated heterocycles. The highest BCUT2D eigenvalue weighted by atomic mass is 16.5. The molecule has 1 atom stereocenters. The molecule has 0 radical (unpaired) electrons. The molecule has 140 valence electrons. The molecule has 2 aromatic carbocycles. The average molecular weight is 366 g/mol. The molecule has 4 rings (SSSR count). The van der Waals surface area contributed by atoms with Crippen molar-refractivity contribution in [1.82, 2.24) is 14.9 Å². The third kappa shape index (κ3) is 3.33. The molecule has 1 aliphatic heterocycles. The summed E-state index contributed by atoms with van der Waals surface area (Å²) in [6, 6.07) is 13.0. The number of phenolic OH excluding ortho intramolecular Hbond substituents is 1. The van der Waals surface area contributed by atoms with Crippen LogP contribution in [-0.2, 0) is 4.79 Å². The highest BCUT2D eigenvalue weighted by Crippen LogP contribution is 2.36. The van der Waals surface area contributed by atoms with Crippen LogP contribution in [0.2, 0.25) is 0 Å². The number of nitrogens with two attached hydrogens (primary N) is 1. The summed E-state index contributed by atoms with van der Waals surface area (Å²) in [6.45, 7) is 1.03. The maximum Gasteiger partial charge on any atom is 0.236 e. The van der Waals surface area contributed by atoms with Gasteiger partial charge in [-0.1, -0.05) is 18.2 Å². The van der Waals surface area contributed by atoms with Gasteiger partial charge in [-0.05, 0) is 37.1 Å². The van der Waals surface area contributed by atoms with Gasteiger partial charge in [-0.15, -0.1) is 0 Å². The molecule has 1 unspecified atom stereocenters. The van der Waals surface area contributed by atoms with Crippen LogP contribution in [0.15, 0.2) is 42.5 Å².